The predicted octanol–water partition coefficient (Wildman–Crippen LogP) is 3.47. The number of nitrogens with two attached hydrogens (primary N) is 1. The van der Waals surface area contributed by atoms with Crippen molar-refractivity contribution in [2.45, 2.75) is 17.0 Å². The first-order valence-corrected chi connectivity index (χ1v) is 7.83. The number of halogens is 1. The number of nitrogens with zero attached hydrogens (tertiary/aromatic N) is 4. The summed E-state index contributed by atoms with van der Waals surface area (Å²) in [7, 11) is 0. The van der Waals surface area contributed by atoms with Gasteiger partial charge in [-0.15, -0.1) is 5.10 Å². The van der Waals surface area contributed by atoms with E-state index in [0.29, 0.717) is 5.16 Å². The quantitative estimate of drug-likeness (QED) is 0.723. The average Bonchev–Trinajstić information content (AvgIpc) is 2.94. The number of aryl methyl sites for hydroxylation is 1. The van der Waals surface area contributed by atoms with Gasteiger partial charge in [-0.2, -0.15) is 4.68 Å². The lowest BCUT2D eigenvalue weighted by atomic mass is 10.2. The van der Waals surface area contributed by atoms with Gasteiger partial charge in [-0.3, -0.25) is 0 Å². The van der Waals surface area contributed by atoms with E-state index < -0.39 is 0 Å². The van der Waals surface area contributed by atoms with Gasteiger partial charge in [0.2, 0.25) is 5.16 Å². The van der Waals surface area contributed by atoms with Crippen molar-refractivity contribution in [2.24, 2.45) is 0 Å². The third kappa shape index (κ3) is 2.93. The molecule has 2 N–H and O–H groups in total. The zero-order valence-corrected chi connectivity index (χ0v) is 13.6. The minimum atomic E-state index is 0.700. The van der Waals surface area contributed by atoms with E-state index in [1.807, 2.05) is 49.4 Å². The fourth-order valence-electron chi connectivity index (χ4n) is 1.82. The molecule has 0 spiro atoms. The summed E-state index contributed by atoms with van der Waals surface area (Å²) in [6.07, 6.45) is 0. The van der Waals surface area contributed by atoms with Crippen molar-refractivity contribution in [3.63, 3.8) is 0 Å². The second-order valence-corrected chi connectivity index (χ2v) is 6.31. The number of anilines is 1. The highest BCUT2D eigenvalue weighted by atomic mass is 79.9. The SMILES string of the molecule is Cc1cc(Sc2nnnn2-c2ccccc2)c(Br)cc1N. The Hall–Kier alpha value is -1.86. The van der Waals surface area contributed by atoms with E-state index in [2.05, 4.69) is 31.5 Å². The Bertz CT molecular complexity index is 772. The van der Waals surface area contributed by atoms with Crippen molar-refractivity contribution in [1.82, 2.24) is 20.2 Å². The van der Waals surface area contributed by atoms with Crippen LogP contribution in [0.4, 0.5) is 5.69 Å². The molecule has 3 aromatic rings. The van der Waals surface area contributed by atoms with Crippen molar-refractivity contribution < 1.29 is 0 Å². The minimum absolute atomic E-state index is 0.700. The lowest BCUT2D eigenvalue weighted by Gasteiger charge is -2.08. The zero-order chi connectivity index (χ0) is 14.8. The summed E-state index contributed by atoms with van der Waals surface area (Å²) in [4.78, 5) is 1.02. The van der Waals surface area contributed by atoms with Crippen LogP contribution in [0.15, 0.2) is 57.0 Å². The largest absolute Gasteiger partial charge is 0.398 e. The van der Waals surface area contributed by atoms with Crippen molar-refractivity contribution in [3.8, 4) is 5.69 Å². The van der Waals surface area contributed by atoms with Gasteiger partial charge in [0.05, 0.1) is 5.69 Å². The van der Waals surface area contributed by atoms with Gasteiger partial charge in [0.15, 0.2) is 0 Å². The molecule has 0 unspecified atom stereocenters. The van der Waals surface area contributed by atoms with Crippen LogP contribution in [0.25, 0.3) is 5.69 Å². The summed E-state index contributed by atoms with van der Waals surface area (Å²) in [5.41, 5.74) is 8.61. The Morgan fingerprint density at radius 3 is 2.71 bits per heavy atom. The second kappa shape index (κ2) is 5.87. The fourth-order valence-corrected chi connectivity index (χ4v) is 3.32. The summed E-state index contributed by atoms with van der Waals surface area (Å²) in [6, 6.07) is 13.7. The second-order valence-electron chi connectivity index (χ2n) is 4.45. The summed E-state index contributed by atoms with van der Waals surface area (Å²) < 4.78 is 2.64. The average molecular weight is 362 g/mol. The highest BCUT2D eigenvalue weighted by molar-refractivity contribution is 9.10. The molecule has 106 valence electrons. The third-order valence-corrected chi connectivity index (χ3v) is 4.88. The lowest BCUT2D eigenvalue weighted by molar-refractivity contribution is 0.756. The van der Waals surface area contributed by atoms with Crippen molar-refractivity contribution >= 4 is 33.4 Å². The fraction of sp³-hybridized carbons (Fsp3) is 0.0714. The first-order valence-electron chi connectivity index (χ1n) is 6.22. The summed E-state index contributed by atoms with van der Waals surface area (Å²) in [5, 5.41) is 12.6. The predicted molar refractivity (Wildman–Crippen MR) is 86.6 cm³/mol. The van der Waals surface area contributed by atoms with Crippen LogP contribution in [-0.4, -0.2) is 20.2 Å². The molecule has 0 radical (unpaired) electrons. The van der Waals surface area contributed by atoms with Crippen molar-refractivity contribution in [1.29, 1.82) is 0 Å². The van der Waals surface area contributed by atoms with E-state index in [-0.39, 0.29) is 0 Å². The molecule has 21 heavy (non-hydrogen) atoms. The smallest absolute Gasteiger partial charge is 0.218 e. The molecule has 0 saturated heterocycles. The summed E-state index contributed by atoms with van der Waals surface area (Å²) in [5.74, 6) is 0. The highest BCUT2D eigenvalue weighted by Crippen LogP contribution is 2.35. The summed E-state index contributed by atoms with van der Waals surface area (Å²) >= 11 is 5.02. The number of hydrogen-bond acceptors (Lipinski definition) is 5. The Kier molecular flexibility index (Phi) is 3.94. The van der Waals surface area contributed by atoms with Gasteiger partial charge >= 0.3 is 0 Å². The lowest BCUT2D eigenvalue weighted by Crippen LogP contribution is -1.98. The van der Waals surface area contributed by atoms with Crippen LogP contribution < -0.4 is 5.73 Å². The molecule has 0 aliphatic heterocycles. The molecular formula is C14H12BrN5S. The minimum Gasteiger partial charge on any atom is -0.398 e. The molecule has 7 heteroatoms. The van der Waals surface area contributed by atoms with E-state index in [4.69, 9.17) is 5.73 Å². The molecular weight excluding hydrogens is 350 g/mol. The summed E-state index contributed by atoms with van der Waals surface area (Å²) in [6.45, 7) is 1.98. The Labute approximate surface area is 134 Å². The zero-order valence-electron chi connectivity index (χ0n) is 11.2. The van der Waals surface area contributed by atoms with Gasteiger partial charge in [0, 0.05) is 15.1 Å². The molecule has 0 amide bonds. The van der Waals surface area contributed by atoms with E-state index >= 15 is 0 Å². The molecule has 3 rings (SSSR count). The van der Waals surface area contributed by atoms with Crippen LogP contribution in [0.2, 0.25) is 0 Å². The van der Waals surface area contributed by atoms with Gasteiger partial charge < -0.3 is 5.73 Å². The van der Waals surface area contributed by atoms with Crippen LogP contribution in [0, 0.1) is 6.92 Å². The van der Waals surface area contributed by atoms with Crippen LogP contribution in [0.5, 0.6) is 0 Å². The Morgan fingerprint density at radius 2 is 1.95 bits per heavy atom. The van der Waals surface area contributed by atoms with Crippen LogP contribution in [0.1, 0.15) is 5.56 Å². The number of para-hydroxylation sites is 1. The monoisotopic (exact) mass is 361 g/mol. The van der Waals surface area contributed by atoms with Crippen LogP contribution >= 0.6 is 27.7 Å². The molecule has 0 aliphatic rings. The van der Waals surface area contributed by atoms with Crippen LogP contribution in [0.3, 0.4) is 0 Å². The Balaban J connectivity index is 1.97. The van der Waals surface area contributed by atoms with E-state index in [1.54, 1.807) is 4.68 Å². The molecule has 0 aliphatic carbocycles. The molecule has 1 heterocycles. The maximum Gasteiger partial charge on any atom is 0.218 e. The van der Waals surface area contributed by atoms with Crippen LogP contribution in [-0.2, 0) is 0 Å². The first-order chi connectivity index (χ1) is 10.1. The van der Waals surface area contributed by atoms with Gasteiger partial charge in [-0.1, -0.05) is 18.2 Å². The molecule has 1 aromatic heterocycles. The normalized spacial score (nSPS) is 10.8. The first kappa shape index (κ1) is 14.1. The number of benzene rings is 2. The van der Waals surface area contributed by atoms with Gasteiger partial charge in [0.1, 0.15) is 0 Å². The number of nitrogen functional groups attached to an aromatic ring is 1. The van der Waals surface area contributed by atoms with E-state index in [0.717, 1.165) is 26.3 Å². The number of hydrogen-bond donors (Lipinski definition) is 1. The molecule has 2 aromatic carbocycles. The van der Waals surface area contributed by atoms with Gasteiger partial charge in [-0.05, 0) is 74.9 Å². The standard InChI is InChI=1S/C14H12BrN5S/c1-9-7-13(11(15)8-12(9)16)21-14-17-18-19-20(14)10-5-3-2-4-6-10/h2-8H,16H2,1H3. The highest BCUT2D eigenvalue weighted by Gasteiger charge is 2.12. The van der Waals surface area contributed by atoms with Gasteiger partial charge in [-0.25, -0.2) is 0 Å². The maximum atomic E-state index is 5.90. The molecule has 5 nitrogen and oxygen atoms in total. The molecule has 0 saturated carbocycles. The molecule has 0 bridgehead atoms. The van der Waals surface area contributed by atoms with E-state index in [9.17, 15) is 0 Å². The number of tetrazole rings is 1. The number of aromatic nitrogens is 4. The topological polar surface area (TPSA) is 69.6 Å². The number of rotatable bonds is 3. The van der Waals surface area contributed by atoms with Crippen molar-refractivity contribution in [3.05, 3.63) is 52.5 Å². The van der Waals surface area contributed by atoms with E-state index in [1.165, 1.54) is 11.8 Å². The Morgan fingerprint density at radius 1 is 1.19 bits per heavy atom. The molecule has 0 fully saturated rings. The third-order valence-electron chi connectivity index (χ3n) is 2.96. The van der Waals surface area contributed by atoms with Crippen molar-refractivity contribution in [2.75, 3.05) is 5.73 Å². The van der Waals surface area contributed by atoms with Gasteiger partial charge in [0.25, 0.3) is 0 Å². The molecule has 0 atom stereocenters. The maximum absolute atomic E-state index is 5.90.